The first-order valence-corrected chi connectivity index (χ1v) is 6.45. The Hall–Kier alpha value is -1.62. The molecular formula is C13H13BrN2O2. The maximum atomic E-state index is 11.7. The maximum absolute atomic E-state index is 11.7. The van der Waals surface area contributed by atoms with Crippen LogP contribution >= 0.6 is 15.9 Å². The number of H-pyrrole nitrogens is 1. The summed E-state index contributed by atoms with van der Waals surface area (Å²) >= 11 is 3.39. The molecule has 2 rings (SSSR count). The Labute approximate surface area is 113 Å². The monoisotopic (exact) mass is 308 g/mol. The molecular weight excluding hydrogens is 296 g/mol. The summed E-state index contributed by atoms with van der Waals surface area (Å²) in [4.78, 5) is 18.4. The lowest BCUT2D eigenvalue weighted by molar-refractivity contribution is 0.440. The van der Waals surface area contributed by atoms with Gasteiger partial charge < -0.3 is 10.1 Å². The van der Waals surface area contributed by atoms with Crippen molar-refractivity contribution >= 4 is 15.9 Å². The second-order valence-electron chi connectivity index (χ2n) is 3.98. The van der Waals surface area contributed by atoms with Crippen molar-refractivity contribution in [1.82, 2.24) is 9.97 Å². The third kappa shape index (κ3) is 2.79. The number of halogens is 1. The number of hydrogen-bond donors (Lipinski definition) is 2. The molecule has 18 heavy (non-hydrogen) atoms. The minimum atomic E-state index is -0.269. The van der Waals surface area contributed by atoms with E-state index in [1.165, 1.54) is 0 Å². The molecule has 94 valence electrons. The number of nitrogens with one attached hydrogen (secondary N) is 1. The van der Waals surface area contributed by atoms with Crippen LogP contribution in [-0.2, 0) is 12.8 Å². The van der Waals surface area contributed by atoms with Gasteiger partial charge in [0, 0.05) is 10.9 Å². The number of rotatable bonds is 3. The quantitative estimate of drug-likeness (QED) is 0.915. The summed E-state index contributed by atoms with van der Waals surface area (Å²) < 4.78 is 0.969. The van der Waals surface area contributed by atoms with Gasteiger partial charge in [0.15, 0.2) is 0 Å². The van der Waals surface area contributed by atoms with E-state index in [4.69, 9.17) is 0 Å². The Bertz CT molecular complexity index is 623. The average Bonchev–Trinajstić information content (AvgIpc) is 2.28. The summed E-state index contributed by atoms with van der Waals surface area (Å²) in [5.74, 6) is 0.291. The van der Waals surface area contributed by atoms with E-state index in [-0.39, 0.29) is 11.4 Å². The average molecular weight is 309 g/mol. The molecule has 0 saturated carbocycles. The standard InChI is InChI=1S/C13H13BrN2O2/c1-2-10-12(17)15-11(16-13(10)18)7-8-4-3-5-9(14)6-8/h3-6H,2,7H2,1H3,(H2,15,16,17,18). The number of hydrogen-bond acceptors (Lipinski definition) is 3. The smallest absolute Gasteiger partial charge is 0.257 e. The number of benzene rings is 1. The molecule has 1 aromatic carbocycles. The largest absolute Gasteiger partial charge is 0.493 e. The van der Waals surface area contributed by atoms with Gasteiger partial charge in [0.25, 0.3) is 5.56 Å². The normalized spacial score (nSPS) is 10.6. The van der Waals surface area contributed by atoms with Crippen LogP contribution in [0.3, 0.4) is 0 Å². The highest BCUT2D eigenvalue weighted by Gasteiger charge is 2.09. The zero-order valence-electron chi connectivity index (χ0n) is 9.90. The second-order valence-corrected chi connectivity index (χ2v) is 4.89. The molecule has 1 heterocycles. The van der Waals surface area contributed by atoms with Crippen molar-refractivity contribution in [3.8, 4) is 5.88 Å². The molecule has 0 aliphatic rings. The van der Waals surface area contributed by atoms with Crippen LogP contribution in [0.2, 0.25) is 0 Å². The molecule has 0 fully saturated rings. The third-order valence-electron chi connectivity index (χ3n) is 2.66. The number of aromatic hydroxyl groups is 1. The first-order chi connectivity index (χ1) is 8.60. The van der Waals surface area contributed by atoms with E-state index < -0.39 is 0 Å². The van der Waals surface area contributed by atoms with Crippen LogP contribution in [0.1, 0.15) is 23.9 Å². The zero-order chi connectivity index (χ0) is 13.1. The van der Waals surface area contributed by atoms with Gasteiger partial charge in [0.05, 0.1) is 5.56 Å². The Kier molecular flexibility index (Phi) is 3.81. The Morgan fingerprint density at radius 1 is 1.44 bits per heavy atom. The molecule has 0 amide bonds. The lowest BCUT2D eigenvalue weighted by Crippen LogP contribution is -2.16. The zero-order valence-corrected chi connectivity index (χ0v) is 11.5. The van der Waals surface area contributed by atoms with Crippen LogP contribution in [0, 0.1) is 0 Å². The predicted molar refractivity (Wildman–Crippen MR) is 72.8 cm³/mol. The van der Waals surface area contributed by atoms with Crippen LogP contribution < -0.4 is 5.56 Å². The van der Waals surface area contributed by atoms with Crippen LogP contribution in [0.4, 0.5) is 0 Å². The van der Waals surface area contributed by atoms with Crippen molar-refractivity contribution in [2.45, 2.75) is 19.8 Å². The van der Waals surface area contributed by atoms with Gasteiger partial charge in [-0.3, -0.25) is 4.79 Å². The summed E-state index contributed by atoms with van der Waals surface area (Å²) in [6.45, 7) is 1.81. The summed E-state index contributed by atoms with van der Waals surface area (Å²) in [6, 6.07) is 7.73. The van der Waals surface area contributed by atoms with Gasteiger partial charge in [-0.1, -0.05) is 35.0 Å². The number of nitrogens with zero attached hydrogens (tertiary/aromatic N) is 1. The fraction of sp³-hybridized carbons (Fsp3) is 0.231. The fourth-order valence-corrected chi connectivity index (χ4v) is 2.22. The second kappa shape index (κ2) is 5.35. The SMILES string of the molecule is CCc1c(O)nc(Cc2cccc(Br)c2)[nH]c1=O. The van der Waals surface area contributed by atoms with Crippen molar-refractivity contribution in [3.63, 3.8) is 0 Å². The Morgan fingerprint density at radius 2 is 2.22 bits per heavy atom. The van der Waals surface area contributed by atoms with Crippen molar-refractivity contribution < 1.29 is 5.11 Å². The molecule has 0 radical (unpaired) electrons. The lowest BCUT2D eigenvalue weighted by Gasteiger charge is -2.05. The molecule has 0 aliphatic heterocycles. The van der Waals surface area contributed by atoms with E-state index in [1.54, 1.807) is 6.92 Å². The van der Waals surface area contributed by atoms with E-state index in [1.807, 2.05) is 24.3 Å². The summed E-state index contributed by atoms with van der Waals surface area (Å²) in [7, 11) is 0. The fourth-order valence-electron chi connectivity index (χ4n) is 1.77. The van der Waals surface area contributed by atoms with Gasteiger partial charge >= 0.3 is 0 Å². The number of aromatic nitrogens is 2. The van der Waals surface area contributed by atoms with E-state index in [0.29, 0.717) is 24.2 Å². The lowest BCUT2D eigenvalue weighted by atomic mass is 10.1. The highest BCUT2D eigenvalue weighted by atomic mass is 79.9. The Morgan fingerprint density at radius 3 is 2.83 bits per heavy atom. The van der Waals surface area contributed by atoms with E-state index >= 15 is 0 Å². The molecule has 0 spiro atoms. The number of aromatic amines is 1. The molecule has 0 saturated heterocycles. The molecule has 5 heteroatoms. The van der Waals surface area contributed by atoms with Gasteiger partial charge in [-0.15, -0.1) is 0 Å². The van der Waals surface area contributed by atoms with Crippen molar-refractivity contribution in [2.24, 2.45) is 0 Å². The maximum Gasteiger partial charge on any atom is 0.257 e. The summed E-state index contributed by atoms with van der Waals surface area (Å²) in [5.41, 5.74) is 1.07. The van der Waals surface area contributed by atoms with Crippen LogP contribution in [0.15, 0.2) is 33.5 Å². The van der Waals surface area contributed by atoms with Crippen LogP contribution in [0.25, 0.3) is 0 Å². The Balaban J connectivity index is 2.33. The minimum Gasteiger partial charge on any atom is -0.493 e. The topological polar surface area (TPSA) is 66.0 Å². The van der Waals surface area contributed by atoms with Crippen molar-refractivity contribution in [1.29, 1.82) is 0 Å². The molecule has 4 nitrogen and oxygen atoms in total. The van der Waals surface area contributed by atoms with Crippen molar-refractivity contribution in [2.75, 3.05) is 0 Å². The first kappa shape index (κ1) is 12.8. The highest BCUT2D eigenvalue weighted by molar-refractivity contribution is 9.10. The van der Waals surface area contributed by atoms with Gasteiger partial charge in [-0.2, -0.15) is 4.98 Å². The van der Waals surface area contributed by atoms with E-state index in [9.17, 15) is 9.90 Å². The first-order valence-electron chi connectivity index (χ1n) is 5.65. The molecule has 0 atom stereocenters. The molecule has 0 aliphatic carbocycles. The van der Waals surface area contributed by atoms with E-state index in [2.05, 4.69) is 25.9 Å². The van der Waals surface area contributed by atoms with Crippen molar-refractivity contribution in [3.05, 3.63) is 56.0 Å². The minimum absolute atomic E-state index is 0.175. The van der Waals surface area contributed by atoms with Gasteiger partial charge in [0.1, 0.15) is 5.82 Å². The van der Waals surface area contributed by atoms with Gasteiger partial charge in [-0.05, 0) is 24.1 Å². The van der Waals surface area contributed by atoms with Crippen LogP contribution in [0.5, 0.6) is 5.88 Å². The van der Waals surface area contributed by atoms with Crippen LogP contribution in [-0.4, -0.2) is 15.1 Å². The predicted octanol–water partition coefficient (Wildman–Crippen LogP) is 2.39. The summed E-state index contributed by atoms with van der Waals surface area (Å²) in [5, 5.41) is 9.66. The third-order valence-corrected chi connectivity index (χ3v) is 3.15. The summed E-state index contributed by atoms with van der Waals surface area (Å²) in [6.07, 6.45) is 0.942. The molecule has 0 unspecified atom stereocenters. The molecule has 2 aromatic rings. The van der Waals surface area contributed by atoms with E-state index in [0.717, 1.165) is 10.0 Å². The molecule has 2 N–H and O–H groups in total. The molecule has 1 aromatic heterocycles. The van der Waals surface area contributed by atoms with Gasteiger partial charge in [0.2, 0.25) is 5.88 Å². The molecule has 0 bridgehead atoms. The highest BCUT2D eigenvalue weighted by Crippen LogP contribution is 2.15. The van der Waals surface area contributed by atoms with Gasteiger partial charge in [-0.25, -0.2) is 0 Å².